The molecule has 0 bridgehead atoms. The SMILES string of the molecule is C=C1CC[C@@H](O)C/C1=C/C=C1\CCC[C@]2(C)[C@@H]([C@H](C)CCCC(C)(C)O)CC[C@@H]12. The summed E-state index contributed by atoms with van der Waals surface area (Å²) in [5.74, 6) is 2.26. The van der Waals surface area contributed by atoms with Gasteiger partial charge in [0.05, 0.1) is 11.7 Å². The highest BCUT2D eigenvalue weighted by molar-refractivity contribution is 5.36. The third-order valence-electron chi connectivity index (χ3n) is 8.36. The van der Waals surface area contributed by atoms with Crippen LogP contribution in [0.25, 0.3) is 0 Å². The van der Waals surface area contributed by atoms with Crippen molar-refractivity contribution in [3.63, 3.8) is 0 Å². The largest absolute Gasteiger partial charge is 0.393 e. The lowest BCUT2D eigenvalue weighted by Gasteiger charge is -2.44. The third kappa shape index (κ3) is 5.44. The maximum atomic E-state index is 10.0. The maximum Gasteiger partial charge on any atom is 0.0591 e. The van der Waals surface area contributed by atoms with E-state index in [0.29, 0.717) is 5.41 Å². The molecule has 2 nitrogen and oxygen atoms in total. The van der Waals surface area contributed by atoms with Crippen LogP contribution in [0.1, 0.15) is 98.3 Å². The van der Waals surface area contributed by atoms with E-state index in [1.807, 2.05) is 13.8 Å². The molecule has 0 aromatic rings. The van der Waals surface area contributed by atoms with Crippen LogP contribution in [0, 0.1) is 23.2 Å². The molecule has 0 amide bonds. The van der Waals surface area contributed by atoms with Crippen molar-refractivity contribution in [2.75, 3.05) is 0 Å². The van der Waals surface area contributed by atoms with Gasteiger partial charge in [0.25, 0.3) is 0 Å². The molecule has 0 aromatic heterocycles. The van der Waals surface area contributed by atoms with Gasteiger partial charge in [0.15, 0.2) is 0 Å². The average Bonchev–Trinajstić information content (AvgIpc) is 2.99. The van der Waals surface area contributed by atoms with Gasteiger partial charge in [-0.25, -0.2) is 0 Å². The molecule has 164 valence electrons. The molecule has 29 heavy (non-hydrogen) atoms. The average molecular weight is 401 g/mol. The van der Waals surface area contributed by atoms with E-state index in [1.165, 1.54) is 49.7 Å². The number of aliphatic hydroxyl groups excluding tert-OH is 1. The van der Waals surface area contributed by atoms with Crippen molar-refractivity contribution in [3.05, 3.63) is 35.5 Å². The molecule has 3 saturated carbocycles. The Balaban J connectivity index is 1.68. The highest BCUT2D eigenvalue weighted by Gasteiger charge is 2.50. The van der Waals surface area contributed by atoms with Gasteiger partial charge in [-0.2, -0.15) is 0 Å². The van der Waals surface area contributed by atoms with E-state index in [4.69, 9.17) is 0 Å². The molecule has 3 aliphatic carbocycles. The fourth-order valence-electron chi connectivity index (χ4n) is 6.67. The van der Waals surface area contributed by atoms with E-state index in [-0.39, 0.29) is 6.10 Å². The smallest absolute Gasteiger partial charge is 0.0591 e. The molecule has 2 heteroatoms. The van der Waals surface area contributed by atoms with Gasteiger partial charge < -0.3 is 10.2 Å². The molecule has 3 fully saturated rings. The molecule has 0 heterocycles. The second kappa shape index (κ2) is 9.10. The molecule has 0 saturated heterocycles. The summed E-state index contributed by atoms with van der Waals surface area (Å²) in [6.45, 7) is 13.1. The van der Waals surface area contributed by atoms with Crippen LogP contribution in [0.15, 0.2) is 35.5 Å². The van der Waals surface area contributed by atoms with E-state index in [9.17, 15) is 10.2 Å². The molecule has 0 aromatic carbocycles. The highest BCUT2D eigenvalue weighted by atomic mass is 16.3. The Morgan fingerprint density at radius 2 is 1.97 bits per heavy atom. The second-order valence-electron chi connectivity index (χ2n) is 11.2. The molecule has 3 rings (SSSR count). The van der Waals surface area contributed by atoms with Gasteiger partial charge in [0.1, 0.15) is 0 Å². The fourth-order valence-corrected chi connectivity index (χ4v) is 6.67. The van der Waals surface area contributed by atoms with Crippen LogP contribution in [0.5, 0.6) is 0 Å². The van der Waals surface area contributed by atoms with E-state index in [2.05, 4.69) is 32.6 Å². The molecular formula is C27H44O2. The minimum absolute atomic E-state index is 0.192. The first-order valence-electron chi connectivity index (χ1n) is 12.1. The van der Waals surface area contributed by atoms with Crippen molar-refractivity contribution in [2.45, 2.75) is 110 Å². The summed E-state index contributed by atoms with van der Waals surface area (Å²) in [6.07, 6.45) is 16.9. The van der Waals surface area contributed by atoms with Crippen molar-refractivity contribution in [1.82, 2.24) is 0 Å². The summed E-state index contributed by atoms with van der Waals surface area (Å²) in [5, 5.41) is 20.1. The van der Waals surface area contributed by atoms with Gasteiger partial charge in [0, 0.05) is 0 Å². The Hall–Kier alpha value is -0.860. The summed E-state index contributed by atoms with van der Waals surface area (Å²) >= 11 is 0. The minimum atomic E-state index is -0.535. The summed E-state index contributed by atoms with van der Waals surface area (Å²) in [4.78, 5) is 0. The van der Waals surface area contributed by atoms with Gasteiger partial charge >= 0.3 is 0 Å². The van der Waals surface area contributed by atoms with Crippen LogP contribution < -0.4 is 0 Å². The third-order valence-corrected chi connectivity index (χ3v) is 8.36. The quantitative estimate of drug-likeness (QED) is 0.518. The van der Waals surface area contributed by atoms with Crippen molar-refractivity contribution in [2.24, 2.45) is 23.2 Å². The van der Waals surface area contributed by atoms with Crippen LogP contribution in [0.4, 0.5) is 0 Å². The van der Waals surface area contributed by atoms with Crippen molar-refractivity contribution in [1.29, 1.82) is 0 Å². The Kier molecular flexibility index (Phi) is 7.16. The Morgan fingerprint density at radius 1 is 1.21 bits per heavy atom. The molecular weight excluding hydrogens is 356 g/mol. The first kappa shape index (κ1) is 22.8. The van der Waals surface area contributed by atoms with E-state index < -0.39 is 5.60 Å². The zero-order valence-electron chi connectivity index (χ0n) is 19.3. The zero-order chi connectivity index (χ0) is 21.2. The lowest BCUT2D eigenvalue weighted by Crippen LogP contribution is -2.36. The Labute approximate surface area is 179 Å². The molecule has 5 atom stereocenters. The normalized spacial score (nSPS) is 37.2. The van der Waals surface area contributed by atoms with Crippen LogP contribution in [-0.2, 0) is 0 Å². The van der Waals surface area contributed by atoms with Gasteiger partial charge in [-0.15, -0.1) is 0 Å². The number of allylic oxidation sites excluding steroid dienone is 4. The number of hydrogen-bond donors (Lipinski definition) is 2. The van der Waals surface area contributed by atoms with Gasteiger partial charge in [-0.3, -0.25) is 0 Å². The molecule has 0 spiro atoms. The van der Waals surface area contributed by atoms with Crippen molar-refractivity contribution in [3.8, 4) is 0 Å². The fraction of sp³-hybridized carbons (Fsp3) is 0.778. The van der Waals surface area contributed by atoms with E-state index in [1.54, 1.807) is 5.57 Å². The predicted molar refractivity (Wildman–Crippen MR) is 123 cm³/mol. The van der Waals surface area contributed by atoms with E-state index >= 15 is 0 Å². The van der Waals surface area contributed by atoms with Gasteiger partial charge in [-0.1, -0.05) is 56.6 Å². The zero-order valence-corrected chi connectivity index (χ0v) is 19.3. The summed E-state index contributed by atoms with van der Waals surface area (Å²) in [7, 11) is 0. The highest BCUT2D eigenvalue weighted by Crippen LogP contribution is 2.60. The first-order valence-corrected chi connectivity index (χ1v) is 12.1. The molecule has 2 N–H and O–H groups in total. The summed E-state index contributed by atoms with van der Waals surface area (Å²) < 4.78 is 0. The van der Waals surface area contributed by atoms with Crippen LogP contribution in [0.3, 0.4) is 0 Å². The predicted octanol–water partition coefficient (Wildman–Crippen LogP) is 6.73. The lowest BCUT2D eigenvalue weighted by atomic mass is 9.60. The summed E-state index contributed by atoms with van der Waals surface area (Å²) in [6, 6.07) is 0. The standard InChI is InChI=1S/C27H44O2/c1-19-10-13-23(28)18-22(19)12-11-21-9-7-17-27(5)24(14-15-25(21)27)20(2)8-6-16-26(3,4)29/h11-12,20,23-25,28-29H,1,6-10,13-18H2,2-5H3/b21-11+,22-12-/t20-,23-,24-,25+,27-/m1/s1. The number of fused-ring (bicyclic) bond motifs is 1. The molecule has 3 aliphatic rings. The maximum absolute atomic E-state index is 10.0. The monoisotopic (exact) mass is 400 g/mol. The van der Waals surface area contributed by atoms with Gasteiger partial charge in [-0.05, 0) is 100 Å². The topological polar surface area (TPSA) is 40.5 Å². The summed E-state index contributed by atoms with van der Waals surface area (Å²) in [5.41, 5.74) is 4.02. The second-order valence-corrected chi connectivity index (χ2v) is 11.2. The lowest BCUT2D eigenvalue weighted by molar-refractivity contribution is 0.0596. The van der Waals surface area contributed by atoms with Crippen LogP contribution >= 0.6 is 0 Å². The van der Waals surface area contributed by atoms with Crippen LogP contribution in [-0.4, -0.2) is 21.9 Å². The first-order chi connectivity index (χ1) is 13.6. The number of rotatable bonds is 6. The molecule has 0 aliphatic heterocycles. The minimum Gasteiger partial charge on any atom is -0.393 e. The van der Waals surface area contributed by atoms with Crippen molar-refractivity contribution >= 4 is 0 Å². The molecule has 0 radical (unpaired) electrons. The Bertz CT molecular complexity index is 650. The van der Waals surface area contributed by atoms with Crippen LogP contribution in [0.2, 0.25) is 0 Å². The van der Waals surface area contributed by atoms with E-state index in [0.717, 1.165) is 49.9 Å². The number of hydrogen-bond acceptors (Lipinski definition) is 2. The molecule has 0 unspecified atom stereocenters. The Morgan fingerprint density at radius 3 is 2.69 bits per heavy atom. The van der Waals surface area contributed by atoms with Crippen molar-refractivity contribution < 1.29 is 10.2 Å². The number of aliphatic hydroxyl groups is 2. The van der Waals surface area contributed by atoms with Gasteiger partial charge in [0.2, 0.25) is 0 Å².